The average Bonchev–Trinajstić information content (AvgIpc) is 2.87. The van der Waals surface area contributed by atoms with Crippen molar-refractivity contribution in [1.29, 1.82) is 0 Å². The predicted octanol–water partition coefficient (Wildman–Crippen LogP) is 9.56. The van der Waals surface area contributed by atoms with Gasteiger partial charge in [-0.15, -0.1) is 34.9 Å². The Labute approximate surface area is 254 Å². The van der Waals surface area contributed by atoms with Crippen LogP contribution in [0.15, 0.2) is 72.6 Å². The van der Waals surface area contributed by atoms with E-state index in [-0.39, 0.29) is 43.5 Å². The first-order chi connectivity index (χ1) is 18.5. The number of carbonyl (C=O) groups is 1. The van der Waals surface area contributed by atoms with Crippen LogP contribution in [-0.2, 0) is 37.7 Å². The third-order valence-electron chi connectivity index (χ3n) is 6.63. The first kappa shape index (κ1) is 33.4. The normalized spacial score (nSPS) is 11.8. The largest absolute Gasteiger partial charge is 0.512 e. The summed E-state index contributed by atoms with van der Waals surface area (Å²) in [5.41, 5.74) is 4.84. The molecule has 0 atom stereocenters. The van der Waals surface area contributed by atoms with Crippen LogP contribution in [0.4, 0.5) is 0 Å². The molecule has 0 saturated heterocycles. The molecule has 1 aromatic heterocycles. The van der Waals surface area contributed by atoms with Gasteiger partial charge in [-0.25, -0.2) is 0 Å². The number of pyridine rings is 1. The van der Waals surface area contributed by atoms with Crippen molar-refractivity contribution in [2.45, 2.75) is 68.2 Å². The van der Waals surface area contributed by atoms with E-state index in [1.807, 2.05) is 33.9 Å². The Hall–Kier alpha value is -2.81. The van der Waals surface area contributed by atoms with E-state index in [1.54, 1.807) is 0 Å². The van der Waals surface area contributed by atoms with Crippen molar-refractivity contribution in [2.75, 3.05) is 0 Å². The molecular formula is C36H44IrNO2-. The van der Waals surface area contributed by atoms with Gasteiger partial charge in [-0.3, -0.25) is 4.79 Å². The number of allylic oxidation sites excluding steroid dienone is 2. The van der Waals surface area contributed by atoms with Crippen molar-refractivity contribution >= 4 is 27.3 Å². The number of aliphatic hydroxyl groups excluding tert-OH is 1. The van der Waals surface area contributed by atoms with Crippen molar-refractivity contribution in [1.82, 2.24) is 4.98 Å². The minimum atomic E-state index is -0.0316. The molecule has 0 bridgehead atoms. The fourth-order valence-electron chi connectivity index (χ4n) is 4.59. The summed E-state index contributed by atoms with van der Waals surface area (Å²) < 4.78 is 0. The minimum Gasteiger partial charge on any atom is -0.512 e. The van der Waals surface area contributed by atoms with E-state index in [2.05, 4.69) is 88.4 Å². The minimum absolute atomic E-state index is 0. The zero-order valence-electron chi connectivity index (χ0n) is 25.2. The van der Waals surface area contributed by atoms with Crippen molar-refractivity contribution in [3.63, 3.8) is 0 Å². The molecule has 40 heavy (non-hydrogen) atoms. The fraction of sp³-hybridized carbons (Fsp3) is 0.389. The number of nitrogens with zero attached hydrogens (tertiary/aromatic N) is 1. The van der Waals surface area contributed by atoms with Gasteiger partial charge in [0.1, 0.15) is 0 Å². The molecule has 0 unspecified atom stereocenters. The van der Waals surface area contributed by atoms with Gasteiger partial charge in [0.25, 0.3) is 0 Å². The molecule has 3 nitrogen and oxygen atoms in total. The fourth-order valence-corrected chi connectivity index (χ4v) is 4.59. The van der Waals surface area contributed by atoms with Crippen molar-refractivity contribution in [3.8, 4) is 11.3 Å². The molecule has 0 amide bonds. The van der Waals surface area contributed by atoms with E-state index in [4.69, 9.17) is 4.98 Å². The Bertz CT molecular complexity index is 1420. The van der Waals surface area contributed by atoms with Crippen molar-refractivity contribution in [3.05, 3.63) is 89.8 Å². The Balaban J connectivity index is 0.000000400. The number of aliphatic hydroxyl groups is 1. The third-order valence-corrected chi connectivity index (χ3v) is 6.63. The van der Waals surface area contributed by atoms with Gasteiger partial charge < -0.3 is 10.1 Å². The number of hydrogen-bond acceptors (Lipinski definition) is 3. The first-order valence-electron chi connectivity index (χ1n) is 14.2. The second-order valence-corrected chi connectivity index (χ2v) is 11.9. The SMILES string of the molecule is CC(C)C(=O)/C=C(\O)C(C)C.CC(C)Cc1[c-]c(-c2nccc3c2ccc2ccccc23)cc(CC(C)C)c1.[Ir]. The maximum Gasteiger partial charge on any atom is 0.161 e. The van der Waals surface area contributed by atoms with Crippen LogP contribution in [-0.4, -0.2) is 15.9 Å². The van der Waals surface area contributed by atoms with Gasteiger partial charge in [-0.05, 0) is 58.0 Å². The molecule has 0 aliphatic rings. The summed E-state index contributed by atoms with van der Waals surface area (Å²) in [6.07, 6.45) is 5.39. The quantitative estimate of drug-likeness (QED) is 0.0857. The van der Waals surface area contributed by atoms with E-state index in [0.29, 0.717) is 11.8 Å². The number of hydrogen-bond donors (Lipinski definition) is 1. The molecule has 4 aromatic rings. The Kier molecular flexibility index (Phi) is 12.7. The van der Waals surface area contributed by atoms with Gasteiger partial charge >= 0.3 is 0 Å². The van der Waals surface area contributed by atoms with Crippen LogP contribution < -0.4 is 0 Å². The average molecular weight is 715 g/mol. The monoisotopic (exact) mass is 715 g/mol. The summed E-state index contributed by atoms with van der Waals surface area (Å²) in [7, 11) is 0. The van der Waals surface area contributed by atoms with Crippen LogP contribution in [0.1, 0.15) is 66.5 Å². The first-order valence-corrected chi connectivity index (χ1v) is 14.2. The molecule has 4 rings (SSSR count). The molecule has 0 fully saturated rings. The number of rotatable bonds is 8. The van der Waals surface area contributed by atoms with Gasteiger partial charge in [-0.1, -0.05) is 91.8 Å². The van der Waals surface area contributed by atoms with Crippen molar-refractivity contribution in [2.24, 2.45) is 23.7 Å². The van der Waals surface area contributed by atoms with Gasteiger partial charge in [0.05, 0.1) is 5.76 Å². The molecule has 3 aromatic carbocycles. The second-order valence-electron chi connectivity index (χ2n) is 11.9. The van der Waals surface area contributed by atoms with Gasteiger partial charge in [0.15, 0.2) is 5.78 Å². The van der Waals surface area contributed by atoms with Crippen LogP contribution in [0.2, 0.25) is 0 Å². The van der Waals surface area contributed by atoms with Crippen LogP contribution in [0, 0.1) is 29.7 Å². The summed E-state index contributed by atoms with van der Waals surface area (Å²) >= 11 is 0. The topological polar surface area (TPSA) is 50.2 Å². The summed E-state index contributed by atoms with van der Waals surface area (Å²) in [6, 6.07) is 23.4. The Morgan fingerprint density at radius 2 is 1.50 bits per heavy atom. The van der Waals surface area contributed by atoms with Gasteiger partial charge in [0, 0.05) is 44.2 Å². The third kappa shape index (κ3) is 9.11. The summed E-state index contributed by atoms with van der Waals surface area (Å²) in [5, 5.41) is 14.2. The molecule has 1 radical (unpaired) electrons. The molecule has 0 saturated carbocycles. The van der Waals surface area contributed by atoms with E-state index < -0.39 is 0 Å². The molecular weight excluding hydrogens is 671 g/mol. The van der Waals surface area contributed by atoms with E-state index in [0.717, 1.165) is 24.1 Å². The number of aromatic nitrogens is 1. The standard InChI is InChI=1S/C27H28N.C9H16O2.Ir/c1-18(2)13-20-15-21(14-19(3)4)17-23(16-20)27-26-10-9-22-7-5-6-8-24(22)25(26)11-12-28-27;1-6(2)8(10)5-9(11)7(3)4;/h5-12,15-16,18-19H,13-14H2,1-4H3;5-7,10H,1-4H3;/q-1;;/b;8-5-;. The van der Waals surface area contributed by atoms with Gasteiger partial charge in [0.2, 0.25) is 0 Å². The summed E-state index contributed by atoms with van der Waals surface area (Å²) in [4.78, 5) is 15.8. The molecule has 1 heterocycles. The predicted molar refractivity (Wildman–Crippen MR) is 166 cm³/mol. The molecule has 0 spiro atoms. The van der Waals surface area contributed by atoms with E-state index >= 15 is 0 Å². The van der Waals surface area contributed by atoms with Crippen LogP contribution in [0.5, 0.6) is 0 Å². The number of fused-ring (bicyclic) bond motifs is 3. The smallest absolute Gasteiger partial charge is 0.161 e. The molecule has 0 aliphatic carbocycles. The van der Waals surface area contributed by atoms with E-state index in [1.165, 1.54) is 38.7 Å². The number of carbonyl (C=O) groups excluding carboxylic acids is 1. The van der Waals surface area contributed by atoms with Crippen molar-refractivity contribution < 1.29 is 30.0 Å². The summed E-state index contributed by atoms with van der Waals surface area (Å²) in [6.45, 7) is 16.4. The zero-order chi connectivity index (χ0) is 28.7. The van der Waals surface area contributed by atoms with Crippen LogP contribution in [0.3, 0.4) is 0 Å². The van der Waals surface area contributed by atoms with Crippen LogP contribution in [0.25, 0.3) is 32.8 Å². The Morgan fingerprint density at radius 1 is 0.825 bits per heavy atom. The van der Waals surface area contributed by atoms with E-state index in [9.17, 15) is 9.90 Å². The zero-order valence-corrected chi connectivity index (χ0v) is 27.6. The molecule has 0 aliphatic heterocycles. The maximum atomic E-state index is 11.0. The number of benzene rings is 3. The Morgan fingerprint density at radius 3 is 2.12 bits per heavy atom. The summed E-state index contributed by atoms with van der Waals surface area (Å²) in [5.74, 6) is 1.41. The maximum absolute atomic E-state index is 11.0. The van der Waals surface area contributed by atoms with Crippen LogP contribution >= 0.6 is 0 Å². The van der Waals surface area contributed by atoms with Gasteiger partial charge in [-0.2, -0.15) is 0 Å². The molecule has 1 N–H and O–H groups in total. The molecule has 4 heteroatoms. The molecule has 215 valence electrons. The second kappa shape index (κ2) is 15.3. The number of ketones is 1.